The van der Waals surface area contributed by atoms with Gasteiger partial charge in [-0.1, -0.05) is 54.6 Å². The molecule has 4 aromatic rings. The lowest BCUT2D eigenvalue weighted by Gasteiger charge is -2.26. The van der Waals surface area contributed by atoms with Crippen molar-refractivity contribution in [2.75, 3.05) is 26.3 Å². The lowest BCUT2D eigenvalue weighted by atomic mass is 10.0. The third kappa shape index (κ3) is 4.48. The lowest BCUT2D eigenvalue weighted by molar-refractivity contribution is 0.0730. The van der Waals surface area contributed by atoms with E-state index in [-0.39, 0.29) is 10.5 Å². The molecule has 1 aliphatic rings. The summed E-state index contributed by atoms with van der Waals surface area (Å²) in [5, 5.41) is 3.96. The normalized spacial score (nSPS) is 15.8. The highest BCUT2D eigenvalue weighted by Crippen LogP contribution is 2.29. The molecule has 1 amide bonds. The second-order valence-electron chi connectivity index (χ2n) is 8.05. The number of furan rings is 1. The van der Waals surface area contributed by atoms with Crippen LogP contribution in [0.5, 0.6) is 0 Å². The van der Waals surface area contributed by atoms with Crippen molar-refractivity contribution in [3.8, 4) is 0 Å². The zero-order chi connectivity index (χ0) is 23.5. The van der Waals surface area contributed by atoms with E-state index in [0.717, 1.165) is 16.5 Å². The number of carbonyl (C=O) groups is 1. The van der Waals surface area contributed by atoms with Gasteiger partial charge < -0.3 is 14.5 Å². The third-order valence-corrected chi connectivity index (χ3v) is 7.74. The van der Waals surface area contributed by atoms with Crippen LogP contribution in [0.2, 0.25) is 0 Å². The maximum atomic E-state index is 13.3. The van der Waals surface area contributed by atoms with Crippen LogP contribution in [0.4, 0.5) is 0 Å². The molecule has 5 rings (SSSR count). The fourth-order valence-electron chi connectivity index (χ4n) is 4.06. The van der Waals surface area contributed by atoms with Gasteiger partial charge in [0.2, 0.25) is 10.0 Å². The first-order valence-corrected chi connectivity index (χ1v) is 12.5. The monoisotopic (exact) mass is 476 g/mol. The van der Waals surface area contributed by atoms with Gasteiger partial charge in [-0.25, -0.2) is 8.42 Å². The average Bonchev–Trinajstić information content (AvgIpc) is 3.32. The molecule has 34 heavy (non-hydrogen) atoms. The van der Waals surface area contributed by atoms with Gasteiger partial charge in [0.05, 0.1) is 18.1 Å². The number of sulfonamides is 1. The summed E-state index contributed by atoms with van der Waals surface area (Å²) in [7, 11) is -3.71. The van der Waals surface area contributed by atoms with E-state index in [1.54, 1.807) is 12.1 Å². The molecule has 8 heteroatoms. The number of benzene rings is 3. The Hall–Kier alpha value is -3.46. The number of fused-ring (bicyclic) bond motifs is 1. The smallest absolute Gasteiger partial charge is 0.252 e. The maximum Gasteiger partial charge on any atom is 0.252 e. The molecule has 0 radical (unpaired) electrons. The number of nitrogens with one attached hydrogen (secondary N) is 1. The molecule has 0 spiro atoms. The van der Waals surface area contributed by atoms with Gasteiger partial charge >= 0.3 is 0 Å². The summed E-state index contributed by atoms with van der Waals surface area (Å²) in [6.45, 7) is 1.30. The highest BCUT2D eigenvalue weighted by molar-refractivity contribution is 7.89. The van der Waals surface area contributed by atoms with Gasteiger partial charge in [0.25, 0.3) is 5.91 Å². The van der Waals surface area contributed by atoms with E-state index >= 15 is 0 Å². The molecule has 1 unspecified atom stereocenters. The molecule has 7 nitrogen and oxygen atoms in total. The van der Waals surface area contributed by atoms with Gasteiger partial charge in [0.1, 0.15) is 17.4 Å². The second-order valence-corrected chi connectivity index (χ2v) is 9.99. The fourth-order valence-corrected chi connectivity index (χ4v) is 5.51. The summed E-state index contributed by atoms with van der Waals surface area (Å²) in [5.41, 5.74) is 1.84. The minimum Gasteiger partial charge on any atom is -0.459 e. The molecule has 1 aliphatic heterocycles. The summed E-state index contributed by atoms with van der Waals surface area (Å²) < 4.78 is 38.8. The van der Waals surface area contributed by atoms with E-state index in [2.05, 4.69) is 5.32 Å². The van der Waals surface area contributed by atoms with Gasteiger partial charge in [-0.2, -0.15) is 4.31 Å². The molecule has 0 aliphatic carbocycles. The summed E-state index contributed by atoms with van der Waals surface area (Å²) in [6.07, 6.45) is 0. The molecule has 1 N–H and O–H groups in total. The number of para-hydroxylation sites is 1. The number of carbonyl (C=O) groups excluding carboxylic acids is 1. The molecule has 174 valence electrons. The molecule has 2 heterocycles. The average molecular weight is 477 g/mol. The molecule has 1 aromatic heterocycles. The summed E-state index contributed by atoms with van der Waals surface area (Å²) in [5.74, 6) is 0.200. The Kier molecular flexibility index (Phi) is 6.19. The Morgan fingerprint density at radius 1 is 0.882 bits per heavy atom. The number of ether oxygens (including phenoxy) is 1. The second kappa shape index (κ2) is 9.42. The van der Waals surface area contributed by atoms with Gasteiger partial charge in [0, 0.05) is 24.0 Å². The van der Waals surface area contributed by atoms with Crippen LogP contribution in [0, 0.1) is 0 Å². The Morgan fingerprint density at radius 3 is 2.38 bits per heavy atom. The van der Waals surface area contributed by atoms with Crippen LogP contribution in [0.3, 0.4) is 0 Å². The Balaban J connectivity index is 1.45. The van der Waals surface area contributed by atoms with Crippen molar-refractivity contribution < 1.29 is 22.4 Å². The zero-order valence-corrected chi connectivity index (χ0v) is 19.2. The summed E-state index contributed by atoms with van der Waals surface area (Å²) in [4.78, 5) is 13.4. The van der Waals surface area contributed by atoms with E-state index < -0.39 is 22.0 Å². The first kappa shape index (κ1) is 22.3. The summed E-state index contributed by atoms with van der Waals surface area (Å²) >= 11 is 0. The largest absolute Gasteiger partial charge is 0.459 e. The van der Waals surface area contributed by atoms with Crippen molar-refractivity contribution in [1.29, 1.82) is 0 Å². The fraction of sp³-hybridized carbons (Fsp3) is 0.192. The number of amides is 1. The van der Waals surface area contributed by atoms with Gasteiger partial charge in [0.15, 0.2) is 0 Å². The standard InChI is InChI=1S/C26H24N2O5S/c29-26(21-10-6-11-22(17-21)34(30,31)28-13-15-32-16-14-28)27-25(19-7-2-1-3-8-19)24-18-20-9-4-5-12-23(20)33-24/h1-12,17-18,25H,13-16H2,(H,27,29). The quantitative estimate of drug-likeness (QED) is 0.455. The minimum atomic E-state index is -3.71. The number of hydrogen-bond acceptors (Lipinski definition) is 5. The van der Waals surface area contributed by atoms with Crippen LogP contribution >= 0.6 is 0 Å². The highest BCUT2D eigenvalue weighted by atomic mass is 32.2. The van der Waals surface area contributed by atoms with Crippen LogP contribution in [-0.4, -0.2) is 44.9 Å². The third-order valence-electron chi connectivity index (χ3n) is 5.84. The van der Waals surface area contributed by atoms with Gasteiger partial charge in [-0.3, -0.25) is 4.79 Å². The van der Waals surface area contributed by atoms with Crippen LogP contribution in [0.15, 0.2) is 94.2 Å². The molecule has 1 atom stereocenters. The van der Waals surface area contributed by atoms with E-state index in [4.69, 9.17) is 9.15 Å². The van der Waals surface area contributed by atoms with Crippen molar-refractivity contribution in [3.63, 3.8) is 0 Å². The van der Waals surface area contributed by atoms with E-state index in [1.165, 1.54) is 16.4 Å². The number of nitrogens with zero attached hydrogens (tertiary/aromatic N) is 1. The number of rotatable bonds is 6. The van der Waals surface area contributed by atoms with Gasteiger partial charge in [-0.05, 0) is 35.9 Å². The van der Waals surface area contributed by atoms with Crippen LogP contribution in [-0.2, 0) is 14.8 Å². The molecule has 3 aromatic carbocycles. The highest BCUT2D eigenvalue weighted by Gasteiger charge is 2.27. The topological polar surface area (TPSA) is 88.8 Å². The first-order valence-electron chi connectivity index (χ1n) is 11.0. The van der Waals surface area contributed by atoms with Crippen molar-refractivity contribution in [3.05, 3.63) is 102 Å². The molecule has 1 fully saturated rings. The zero-order valence-electron chi connectivity index (χ0n) is 18.4. The van der Waals surface area contributed by atoms with Crippen LogP contribution in [0.1, 0.15) is 27.7 Å². The molecular weight excluding hydrogens is 452 g/mol. The van der Waals surface area contributed by atoms with Gasteiger partial charge in [-0.15, -0.1) is 0 Å². The molecular formula is C26H24N2O5S. The Labute approximate surface area is 198 Å². The van der Waals surface area contributed by atoms with E-state index in [0.29, 0.717) is 32.1 Å². The molecule has 0 saturated carbocycles. The first-order chi connectivity index (χ1) is 16.5. The van der Waals surface area contributed by atoms with Crippen molar-refractivity contribution in [2.45, 2.75) is 10.9 Å². The summed E-state index contributed by atoms with van der Waals surface area (Å²) in [6, 6.07) is 24.7. The molecule has 1 saturated heterocycles. The SMILES string of the molecule is O=C(NC(c1ccccc1)c1cc2ccccc2o1)c1cccc(S(=O)(=O)N2CCOCC2)c1. The number of hydrogen-bond donors (Lipinski definition) is 1. The molecule has 0 bridgehead atoms. The predicted octanol–water partition coefficient (Wildman–Crippen LogP) is 3.97. The maximum absolute atomic E-state index is 13.3. The van der Waals surface area contributed by atoms with Crippen molar-refractivity contribution in [1.82, 2.24) is 9.62 Å². The predicted molar refractivity (Wildman–Crippen MR) is 128 cm³/mol. The van der Waals surface area contributed by atoms with Crippen LogP contribution in [0.25, 0.3) is 11.0 Å². The van der Waals surface area contributed by atoms with Crippen molar-refractivity contribution >= 4 is 26.9 Å². The minimum absolute atomic E-state index is 0.0852. The number of morpholine rings is 1. The van der Waals surface area contributed by atoms with E-state index in [1.807, 2.05) is 60.7 Å². The Bertz CT molecular complexity index is 1380. The van der Waals surface area contributed by atoms with Crippen LogP contribution < -0.4 is 5.32 Å². The van der Waals surface area contributed by atoms with Crippen molar-refractivity contribution in [2.24, 2.45) is 0 Å². The van der Waals surface area contributed by atoms with E-state index in [9.17, 15) is 13.2 Å². The Morgan fingerprint density at radius 2 is 1.62 bits per heavy atom. The lowest BCUT2D eigenvalue weighted by Crippen LogP contribution is -2.40.